The van der Waals surface area contributed by atoms with Crippen molar-refractivity contribution >= 4 is 23.8 Å². The summed E-state index contributed by atoms with van der Waals surface area (Å²) < 4.78 is 6.96. The van der Waals surface area contributed by atoms with Crippen LogP contribution in [0, 0.1) is 0 Å². The normalized spacial score (nSPS) is 18.7. The molecule has 0 unspecified atom stereocenters. The highest BCUT2D eigenvalue weighted by Crippen LogP contribution is 2.44. The third-order valence-corrected chi connectivity index (χ3v) is 7.08. The number of aliphatic carboxylic acids is 1. The molecular weight excluding hydrogens is 448 g/mol. The molecule has 35 heavy (non-hydrogen) atoms. The van der Waals surface area contributed by atoms with Crippen LogP contribution in [0.2, 0.25) is 0 Å². The lowest BCUT2D eigenvalue weighted by Crippen LogP contribution is -2.50. The van der Waals surface area contributed by atoms with Gasteiger partial charge >= 0.3 is 12.1 Å². The SMILES string of the molecule is Cn1ncc(C(=O)N2CCC[C@@]2(C)C(=O)O)c1NC(=O)OCC1c2ccccc2-c2ccccc21. The van der Waals surface area contributed by atoms with Gasteiger partial charge in [0.05, 0.1) is 6.20 Å². The van der Waals surface area contributed by atoms with E-state index >= 15 is 0 Å². The van der Waals surface area contributed by atoms with Gasteiger partial charge in [-0.25, -0.2) is 9.59 Å². The topological polar surface area (TPSA) is 114 Å². The second-order valence-electron chi connectivity index (χ2n) is 9.12. The van der Waals surface area contributed by atoms with E-state index in [1.807, 2.05) is 36.4 Å². The van der Waals surface area contributed by atoms with Crippen molar-refractivity contribution in [2.45, 2.75) is 31.2 Å². The summed E-state index contributed by atoms with van der Waals surface area (Å²) in [6, 6.07) is 16.1. The summed E-state index contributed by atoms with van der Waals surface area (Å²) in [6.45, 7) is 1.99. The number of benzene rings is 2. The molecule has 1 atom stereocenters. The number of carbonyl (C=O) groups is 3. The molecule has 1 aliphatic carbocycles. The van der Waals surface area contributed by atoms with E-state index in [9.17, 15) is 19.5 Å². The highest BCUT2D eigenvalue weighted by Gasteiger charge is 2.47. The third kappa shape index (κ3) is 3.73. The average molecular weight is 475 g/mol. The molecule has 1 aromatic heterocycles. The van der Waals surface area contributed by atoms with Crippen molar-refractivity contribution in [1.82, 2.24) is 14.7 Å². The summed E-state index contributed by atoms with van der Waals surface area (Å²) in [5.74, 6) is -1.48. The molecule has 1 fully saturated rings. The second-order valence-corrected chi connectivity index (χ2v) is 9.12. The van der Waals surface area contributed by atoms with Gasteiger partial charge in [-0.05, 0) is 42.0 Å². The number of nitrogens with one attached hydrogen (secondary N) is 1. The molecule has 2 heterocycles. The molecule has 2 aromatic carbocycles. The Bertz CT molecular complexity index is 1290. The van der Waals surface area contributed by atoms with E-state index in [-0.39, 0.29) is 23.9 Å². The van der Waals surface area contributed by atoms with Crippen LogP contribution in [0.1, 0.15) is 47.2 Å². The summed E-state index contributed by atoms with van der Waals surface area (Å²) in [7, 11) is 1.59. The van der Waals surface area contributed by atoms with E-state index < -0.39 is 23.5 Å². The van der Waals surface area contributed by atoms with Gasteiger partial charge in [0.25, 0.3) is 5.91 Å². The van der Waals surface area contributed by atoms with Gasteiger partial charge in [-0.2, -0.15) is 5.10 Å². The minimum absolute atomic E-state index is 0.0957. The number of aromatic nitrogens is 2. The number of carboxylic acids is 1. The van der Waals surface area contributed by atoms with E-state index in [0.29, 0.717) is 19.4 Å². The number of likely N-dealkylation sites (tertiary alicyclic amines) is 1. The first kappa shape index (κ1) is 22.6. The molecule has 1 saturated heterocycles. The molecule has 0 spiro atoms. The van der Waals surface area contributed by atoms with Crippen LogP contribution in [0.4, 0.5) is 10.6 Å². The van der Waals surface area contributed by atoms with Gasteiger partial charge in [-0.1, -0.05) is 48.5 Å². The Hall–Kier alpha value is -4.14. The van der Waals surface area contributed by atoms with Crippen LogP contribution in [-0.4, -0.2) is 56.4 Å². The molecule has 2 amide bonds. The number of nitrogens with zero attached hydrogens (tertiary/aromatic N) is 3. The predicted octanol–water partition coefficient (Wildman–Crippen LogP) is 3.86. The van der Waals surface area contributed by atoms with Crippen LogP contribution >= 0.6 is 0 Å². The largest absolute Gasteiger partial charge is 0.480 e. The van der Waals surface area contributed by atoms with Crippen LogP contribution in [0.5, 0.6) is 0 Å². The maximum Gasteiger partial charge on any atom is 0.412 e. The van der Waals surface area contributed by atoms with Crippen LogP contribution < -0.4 is 5.32 Å². The van der Waals surface area contributed by atoms with Crippen molar-refractivity contribution < 1.29 is 24.2 Å². The van der Waals surface area contributed by atoms with E-state index in [4.69, 9.17) is 4.74 Å². The smallest absolute Gasteiger partial charge is 0.412 e. The number of carbonyl (C=O) groups excluding carboxylic acids is 2. The van der Waals surface area contributed by atoms with Crippen LogP contribution in [0.25, 0.3) is 11.1 Å². The quantitative estimate of drug-likeness (QED) is 0.581. The van der Waals surface area contributed by atoms with Crippen molar-refractivity contribution in [2.24, 2.45) is 7.05 Å². The molecular formula is C26H26N4O5. The number of ether oxygens (including phenoxy) is 1. The summed E-state index contributed by atoms with van der Waals surface area (Å²) in [6.07, 6.45) is 1.57. The second kappa shape index (κ2) is 8.57. The first-order valence-corrected chi connectivity index (χ1v) is 11.5. The van der Waals surface area contributed by atoms with Gasteiger partial charge in [0.1, 0.15) is 23.5 Å². The van der Waals surface area contributed by atoms with Crippen molar-refractivity contribution in [3.8, 4) is 11.1 Å². The Morgan fingerprint density at radius 1 is 1.11 bits per heavy atom. The van der Waals surface area contributed by atoms with E-state index in [1.54, 1.807) is 7.05 Å². The maximum absolute atomic E-state index is 13.2. The molecule has 0 bridgehead atoms. The highest BCUT2D eigenvalue weighted by atomic mass is 16.5. The van der Waals surface area contributed by atoms with Gasteiger partial charge in [0.2, 0.25) is 0 Å². The molecule has 0 saturated carbocycles. The monoisotopic (exact) mass is 474 g/mol. The molecule has 9 heteroatoms. The molecule has 1 aliphatic heterocycles. The van der Waals surface area contributed by atoms with Crippen LogP contribution in [0.15, 0.2) is 54.7 Å². The zero-order valence-corrected chi connectivity index (χ0v) is 19.5. The fourth-order valence-electron chi connectivity index (χ4n) is 5.13. The number of hydrogen-bond acceptors (Lipinski definition) is 5. The number of fused-ring (bicyclic) bond motifs is 3. The number of rotatable bonds is 5. The lowest BCUT2D eigenvalue weighted by molar-refractivity contribution is -0.147. The van der Waals surface area contributed by atoms with Crippen molar-refractivity contribution in [3.05, 3.63) is 71.4 Å². The number of amides is 2. The van der Waals surface area contributed by atoms with E-state index in [1.165, 1.54) is 22.7 Å². The van der Waals surface area contributed by atoms with Gasteiger partial charge in [-0.3, -0.25) is 14.8 Å². The third-order valence-electron chi connectivity index (χ3n) is 7.08. The van der Waals surface area contributed by atoms with Gasteiger partial charge in [0, 0.05) is 19.5 Å². The van der Waals surface area contributed by atoms with E-state index in [0.717, 1.165) is 22.3 Å². The molecule has 5 rings (SSSR count). The fraction of sp³-hybridized carbons (Fsp3) is 0.308. The first-order chi connectivity index (χ1) is 16.8. The van der Waals surface area contributed by atoms with E-state index in [2.05, 4.69) is 22.5 Å². The Balaban J connectivity index is 1.32. The summed E-state index contributed by atoms with van der Waals surface area (Å²) >= 11 is 0. The predicted molar refractivity (Wildman–Crippen MR) is 128 cm³/mol. The Morgan fingerprint density at radius 3 is 2.37 bits per heavy atom. The van der Waals surface area contributed by atoms with Gasteiger partial charge in [-0.15, -0.1) is 0 Å². The number of hydrogen-bond donors (Lipinski definition) is 2. The lowest BCUT2D eigenvalue weighted by atomic mass is 9.98. The number of anilines is 1. The summed E-state index contributed by atoms with van der Waals surface area (Å²) in [5, 5.41) is 16.4. The molecule has 2 N–H and O–H groups in total. The Labute approximate surface area is 202 Å². The molecule has 0 radical (unpaired) electrons. The van der Waals surface area contributed by atoms with Crippen molar-refractivity contribution in [3.63, 3.8) is 0 Å². The molecule has 9 nitrogen and oxygen atoms in total. The molecule has 3 aromatic rings. The zero-order chi connectivity index (χ0) is 24.7. The standard InChI is InChI=1S/C26H26N4O5/c1-26(24(32)33)12-7-13-30(26)23(31)20-14-27-29(2)22(20)28-25(34)35-15-21-18-10-5-3-8-16(18)17-9-4-6-11-19(17)21/h3-6,8-11,14,21H,7,12-13,15H2,1-2H3,(H,28,34)(H,32,33)/t26-/m0/s1. The summed E-state index contributed by atoms with van der Waals surface area (Å²) in [5.41, 5.74) is 3.27. The van der Waals surface area contributed by atoms with Crippen molar-refractivity contribution in [1.29, 1.82) is 0 Å². The highest BCUT2D eigenvalue weighted by molar-refractivity contribution is 6.03. The number of carboxylic acid groups (broad SMARTS) is 1. The van der Waals surface area contributed by atoms with Gasteiger partial charge in [0.15, 0.2) is 0 Å². The first-order valence-electron chi connectivity index (χ1n) is 11.5. The number of aryl methyl sites for hydroxylation is 1. The zero-order valence-electron chi connectivity index (χ0n) is 19.5. The lowest BCUT2D eigenvalue weighted by Gasteiger charge is -2.31. The van der Waals surface area contributed by atoms with Crippen molar-refractivity contribution in [2.75, 3.05) is 18.5 Å². The Morgan fingerprint density at radius 2 is 1.74 bits per heavy atom. The molecule has 180 valence electrons. The van der Waals surface area contributed by atoms with Crippen LogP contribution in [-0.2, 0) is 16.6 Å². The van der Waals surface area contributed by atoms with Crippen LogP contribution in [0.3, 0.4) is 0 Å². The average Bonchev–Trinajstić information content (AvgIpc) is 3.52. The minimum Gasteiger partial charge on any atom is -0.480 e. The van der Waals surface area contributed by atoms with Gasteiger partial charge < -0.3 is 14.7 Å². The summed E-state index contributed by atoms with van der Waals surface area (Å²) in [4.78, 5) is 39.2. The maximum atomic E-state index is 13.2. The Kier molecular flexibility index (Phi) is 5.55. The molecule has 2 aliphatic rings. The fourth-order valence-corrected chi connectivity index (χ4v) is 5.13. The minimum atomic E-state index is -1.30.